The van der Waals surface area contributed by atoms with Crippen molar-refractivity contribution in [3.05, 3.63) is 77.4 Å². The van der Waals surface area contributed by atoms with E-state index in [1.54, 1.807) is 17.8 Å². The average molecular weight is 312 g/mol. The fourth-order valence-corrected chi connectivity index (χ4v) is 2.32. The van der Waals surface area contributed by atoms with E-state index in [-0.39, 0.29) is 5.78 Å². The molecule has 0 aliphatic heterocycles. The third-order valence-corrected chi connectivity index (χ3v) is 3.60. The molecule has 0 spiro atoms. The first kappa shape index (κ1) is 16.5. The van der Waals surface area contributed by atoms with Gasteiger partial charge in [-0.05, 0) is 30.4 Å². The fraction of sp³-hybridized carbons (Fsp3) is 0.211. The van der Waals surface area contributed by atoms with Crippen LogP contribution in [0.25, 0.3) is 6.08 Å². The van der Waals surface area contributed by atoms with Gasteiger partial charge in [-0.25, -0.2) is 0 Å². The molecule has 0 saturated heterocycles. The van der Waals surface area contributed by atoms with Crippen molar-refractivity contribution in [3.63, 3.8) is 0 Å². The van der Waals surface area contributed by atoms with Crippen LogP contribution in [-0.4, -0.2) is 18.0 Å². The molecule has 0 aromatic heterocycles. The average Bonchev–Trinajstić information content (AvgIpc) is 2.55. The first-order valence-electron chi connectivity index (χ1n) is 7.15. The second-order valence-electron chi connectivity index (χ2n) is 5.01. The SMILES string of the molecule is CSCOC(C(=O)/C=C/c1ccc(C)cc1)c1ccccc1. The predicted molar refractivity (Wildman–Crippen MR) is 93.9 cm³/mol. The first-order valence-corrected chi connectivity index (χ1v) is 8.54. The summed E-state index contributed by atoms with van der Waals surface area (Å²) >= 11 is 1.56. The molecular formula is C19H20O2S. The molecule has 0 amide bonds. The van der Waals surface area contributed by atoms with Crippen molar-refractivity contribution in [1.29, 1.82) is 0 Å². The largest absolute Gasteiger partial charge is 0.355 e. The lowest BCUT2D eigenvalue weighted by molar-refractivity contribution is -0.124. The highest BCUT2D eigenvalue weighted by Crippen LogP contribution is 2.21. The maximum atomic E-state index is 12.5. The van der Waals surface area contributed by atoms with Crippen molar-refractivity contribution >= 4 is 23.6 Å². The van der Waals surface area contributed by atoms with Gasteiger partial charge >= 0.3 is 0 Å². The topological polar surface area (TPSA) is 26.3 Å². The van der Waals surface area contributed by atoms with Crippen molar-refractivity contribution in [3.8, 4) is 0 Å². The minimum absolute atomic E-state index is 0.0409. The van der Waals surface area contributed by atoms with Crippen molar-refractivity contribution in [2.45, 2.75) is 13.0 Å². The molecule has 2 nitrogen and oxygen atoms in total. The predicted octanol–water partition coefficient (Wildman–Crippen LogP) is 4.66. The third kappa shape index (κ3) is 4.86. The Bertz CT molecular complexity index is 618. The van der Waals surface area contributed by atoms with Gasteiger partial charge in [0.25, 0.3) is 0 Å². The number of carbonyl (C=O) groups excluding carboxylic acids is 1. The molecule has 1 atom stereocenters. The Morgan fingerprint density at radius 1 is 1.14 bits per heavy atom. The number of aryl methyl sites for hydroxylation is 1. The summed E-state index contributed by atoms with van der Waals surface area (Å²) < 4.78 is 5.71. The lowest BCUT2D eigenvalue weighted by atomic mass is 10.0. The number of thioether (sulfide) groups is 1. The highest BCUT2D eigenvalue weighted by Gasteiger charge is 2.18. The fourth-order valence-electron chi connectivity index (χ4n) is 2.05. The molecule has 0 aliphatic rings. The number of rotatable bonds is 7. The zero-order valence-corrected chi connectivity index (χ0v) is 13.7. The minimum Gasteiger partial charge on any atom is -0.355 e. The van der Waals surface area contributed by atoms with E-state index < -0.39 is 6.10 Å². The van der Waals surface area contributed by atoms with Crippen LogP contribution in [0.4, 0.5) is 0 Å². The van der Waals surface area contributed by atoms with Gasteiger partial charge in [-0.2, -0.15) is 0 Å². The Hall–Kier alpha value is -1.84. The minimum atomic E-state index is -0.546. The van der Waals surface area contributed by atoms with Gasteiger partial charge in [0.2, 0.25) is 0 Å². The molecule has 3 heteroatoms. The van der Waals surface area contributed by atoms with E-state index >= 15 is 0 Å². The summed E-state index contributed by atoms with van der Waals surface area (Å²) in [5.74, 6) is 0.449. The van der Waals surface area contributed by atoms with Gasteiger partial charge in [-0.3, -0.25) is 4.79 Å². The summed E-state index contributed by atoms with van der Waals surface area (Å²) in [4.78, 5) is 12.5. The molecule has 1 unspecified atom stereocenters. The van der Waals surface area contributed by atoms with E-state index in [1.165, 1.54) is 5.56 Å². The van der Waals surface area contributed by atoms with Crippen LogP contribution in [0.2, 0.25) is 0 Å². The van der Waals surface area contributed by atoms with E-state index in [1.807, 2.05) is 73.9 Å². The van der Waals surface area contributed by atoms with Gasteiger partial charge in [0.05, 0.1) is 5.94 Å². The molecule has 0 aliphatic carbocycles. The Labute approximate surface area is 136 Å². The Kier molecular flexibility index (Phi) is 6.44. The van der Waals surface area contributed by atoms with E-state index in [2.05, 4.69) is 0 Å². The van der Waals surface area contributed by atoms with Crippen LogP contribution < -0.4 is 0 Å². The van der Waals surface area contributed by atoms with Crippen molar-refractivity contribution in [2.24, 2.45) is 0 Å². The van der Waals surface area contributed by atoms with Crippen LogP contribution in [0.1, 0.15) is 22.8 Å². The highest BCUT2D eigenvalue weighted by molar-refractivity contribution is 7.98. The number of hydrogen-bond acceptors (Lipinski definition) is 3. The standard InChI is InChI=1S/C19H20O2S/c1-15-8-10-16(11-9-15)12-13-18(20)19(21-14-22-2)17-6-4-3-5-7-17/h3-13,19H,14H2,1-2H3/b13-12+. The zero-order valence-electron chi connectivity index (χ0n) is 12.9. The van der Waals surface area contributed by atoms with Crippen LogP contribution in [0.5, 0.6) is 0 Å². The number of benzene rings is 2. The van der Waals surface area contributed by atoms with Crippen LogP contribution in [0, 0.1) is 6.92 Å². The number of ether oxygens (including phenoxy) is 1. The van der Waals surface area contributed by atoms with Gasteiger partial charge in [0.1, 0.15) is 6.10 Å². The van der Waals surface area contributed by atoms with E-state index in [9.17, 15) is 4.79 Å². The van der Waals surface area contributed by atoms with Crippen LogP contribution in [-0.2, 0) is 9.53 Å². The van der Waals surface area contributed by atoms with Crippen LogP contribution >= 0.6 is 11.8 Å². The van der Waals surface area contributed by atoms with Crippen molar-refractivity contribution in [2.75, 3.05) is 12.2 Å². The van der Waals surface area contributed by atoms with Gasteiger partial charge in [-0.1, -0.05) is 66.2 Å². The lowest BCUT2D eigenvalue weighted by Gasteiger charge is -2.14. The Morgan fingerprint density at radius 3 is 2.45 bits per heavy atom. The van der Waals surface area contributed by atoms with E-state index in [0.717, 1.165) is 11.1 Å². The molecule has 0 saturated carbocycles. The number of ketones is 1. The molecule has 0 N–H and O–H groups in total. The molecule has 22 heavy (non-hydrogen) atoms. The normalized spacial score (nSPS) is 12.5. The zero-order chi connectivity index (χ0) is 15.8. The molecular weight excluding hydrogens is 292 g/mol. The van der Waals surface area contributed by atoms with E-state index in [4.69, 9.17) is 4.74 Å². The molecule has 0 radical (unpaired) electrons. The number of carbonyl (C=O) groups is 1. The van der Waals surface area contributed by atoms with Crippen molar-refractivity contribution in [1.82, 2.24) is 0 Å². The molecule has 0 bridgehead atoms. The molecule has 0 fully saturated rings. The number of hydrogen-bond donors (Lipinski definition) is 0. The van der Waals surface area contributed by atoms with Gasteiger partial charge in [0, 0.05) is 0 Å². The van der Waals surface area contributed by atoms with Crippen molar-refractivity contribution < 1.29 is 9.53 Å². The summed E-state index contributed by atoms with van der Waals surface area (Å²) in [5, 5.41) is 0. The maximum Gasteiger partial charge on any atom is 0.189 e. The van der Waals surface area contributed by atoms with Crippen LogP contribution in [0.15, 0.2) is 60.7 Å². The molecule has 2 aromatic rings. The second-order valence-corrected chi connectivity index (χ2v) is 5.82. The Morgan fingerprint density at radius 2 is 1.82 bits per heavy atom. The smallest absolute Gasteiger partial charge is 0.189 e. The molecule has 2 rings (SSSR count). The van der Waals surface area contributed by atoms with Gasteiger partial charge in [0.15, 0.2) is 5.78 Å². The van der Waals surface area contributed by atoms with E-state index in [0.29, 0.717) is 5.94 Å². The quantitative estimate of drug-likeness (QED) is 0.549. The second kappa shape index (κ2) is 8.57. The maximum absolute atomic E-state index is 12.5. The summed E-state index contributed by atoms with van der Waals surface area (Å²) in [5.41, 5.74) is 3.10. The summed E-state index contributed by atoms with van der Waals surface area (Å²) in [6, 6.07) is 17.7. The summed E-state index contributed by atoms with van der Waals surface area (Å²) in [6.07, 6.45) is 4.84. The molecule has 0 heterocycles. The lowest BCUT2D eigenvalue weighted by Crippen LogP contribution is -2.13. The molecule has 2 aromatic carbocycles. The monoisotopic (exact) mass is 312 g/mol. The Balaban J connectivity index is 2.13. The summed E-state index contributed by atoms with van der Waals surface area (Å²) in [6.45, 7) is 2.04. The van der Waals surface area contributed by atoms with Gasteiger partial charge < -0.3 is 4.74 Å². The molecule has 114 valence electrons. The summed E-state index contributed by atoms with van der Waals surface area (Å²) in [7, 11) is 0. The van der Waals surface area contributed by atoms with Crippen LogP contribution in [0.3, 0.4) is 0 Å². The highest BCUT2D eigenvalue weighted by atomic mass is 32.2. The third-order valence-electron chi connectivity index (χ3n) is 3.23. The van der Waals surface area contributed by atoms with Gasteiger partial charge in [-0.15, -0.1) is 11.8 Å². The first-order chi connectivity index (χ1) is 10.7.